The van der Waals surface area contributed by atoms with E-state index in [4.69, 9.17) is 10.00 Å². The normalized spacial score (nSPS) is 10.2. The Kier molecular flexibility index (Phi) is 7.07. The summed E-state index contributed by atoms with van der Waals surface area (Å²) in [5.41, 5.74) is 4.84. The number of hydrogen-bond acceptors (Lipinski definition) is 3. The number of nitriles is 1. The van der Waals surface area contributed by atoms with E-state index in [-0.39, 0.29) is 6.03 Å². The SMILES string of the molecule is Cc1ccccc1CN(C)C(=O)Nc1ccccc1COc1ccc(CC#N)cc1. The molecule has 0 bridgehead atoms. The Morgan fingerprint density at radius 1 is 1.00 bits per heavy atom. The van der Waals surface area contributed by atoms with Gasteiger partial charge in [-0.1, -0.05) is 54.6 Å². The first-order chi connectivity index (χ1) is 14.6. The number of aryl methyl sites for hydroxylation is 1. The zero-order valence-electron chi connectivity index (χ0n) is 17.3. The summed E-state index contributed by atoms with van der Waals surface area (Å²) >= 11 is 0. The number of ether oxygens (including phenoxy) is 1. The molecule has 0 saturated carbocycles. The molecule has 5 nitrogen and oxygen atoms in total. The molecule has 0 fully saturated rings. The van der Waals surface area contributed by atoms with Gasteiger partial charge < -0.3 is 15.0 Å². The first-order valence-corrected chi connectivity index (χ1v) is 9.80. The number of amides is 2. The van der Waals surface area contributed by atoms with E-state index in [0.29, 0.717) is 19.6 Å². The molecule has 5 heteroatoms. The molecule has 0 atom stereocenters. The molecule has 1 N–H and O–H groups in total. The van der Waals surface area contributed by atoms with Crippen LogP contribution in [0.5, 0.6) is 5.75 Å². The lowest BCUT2D eigenvalue weighted by Crippen LogP contribution is -2.31. The van der Waals surface area contributed by atoms with Crippen LogP contribution in [0, 0.1) is 18.3 Å². The standard InChI is InChI=1S/C25H25N3O2/c1-19-7-3-4-8-21(19)17-28(2)25(29)27-24-10-6-5-9-22(24)18-30-23-13-11-20(12-14-23)15-16-26/h3-14H,15,17-18H2,1-2H3,(H,27,29). The topological polar surface area (TPSA) is 65.4 Å². The fraction of sp³-hybridized carbons (Fsp3) is 0.200. The van der Waals surface area contributed by atoms with Gasteiger partial charge in [0.15, 0.2) is 0 Å². The summed E-state index contributed by atoms with van der Waals surface area (Å²) in [6, 6.07) is 25.1. The summed E-state index contributed by atoms with van der Waals surface area (Å²) in [5, 5.41) is 11.7. The van der Waals surface area contributed by atoms with Crippen molar-refractivity contribution in [1.82, 2.24) is 4.90 Å². The van der Waals surface area contributed by atoms with E-state index in [1.807, 2.05) is 79.7 Å². The van der Waals surface area contributed by atoms with E-state index in [1.165, 1.54) is 0 Å². The number of rotatable bonds is 7. The molecule has 0 aromatic heterocycles. The highest BCUT2D eigenvalue weighted by molar-refractivity contribution is 5.90. The third-order valence-electron chi connectivity index (χ3n) is 4.88. The van der Waals surface area contributed by atoms with Gasteiger partial charge in [0.05, 0.1) is 12.5 Å². The lowest BCUT2D eigenvalue weighted by Gasteiger charge is -2.20. The Morgan fingerprint density at radius 2 is 1.67 bits per heavy atom. The molecule has 0 aliphatic rings. The minimum absolute atomic E-state index is 0.174. The van der Waals surface area contributed by atoms with Crippen molar-refractivity contribution in [3.8, 4) is 11.8 Å². The van der Waals surface area contributed by atoms with E-state index in [9.17, 15) is 4.79 Å². The molecule has 3 aromatic rings. The third kappa shape index (κ3) is 5.62. The Morgan fingerprint density at radius 3 is 2.37 bits per heavy atom. The summed E-state index contributed by atoms with van der Waals surface area (Å²) in [6.45, 7) is 2.91. The molecule has 0 spiro atoms. The Balaban J connectivity index is 1.62. The fourth-order valence-electron chi connectivity index (χ4n) is 3.05. The van der Waals surface area contributed by atoms with Gasteiger partial charge in [0.25, 0.3) is 0 Å². The van der Waals surface area contributed by atoms with Crippen molar-refractivity contribution in [3.63, 3.8) is 0 Å². The van der Waals surface area contributed by atoms with Crippen LogP contribution in [0.4, 0.5) is 10.5 Å². The lowest BCUT2D eigenvalue weighted by molar-refractivity contribution is 0.220. The molecule has 0 heterocycles. The molecule has 0 saturated heterocycles. The van der Waals surface area contributed by atoms with Gasteiger partial charge in [-0.2, -0.15) is 5.26 Å². The summed E-state index contributed by atoms with van der Waals surface area (Å²) in [4.78, 5) is 14.4. The van der Waals surface area contributed by atoms with Crippen LogP contribution in [0.1, 0.15) is 22.3 Å². The van der Waals surface area contributed by atoms with E-state index < -0.39 is 0 Å². The summed E-state index contributed by atoms with van der Waals surface area (Å²) in [6.07, 6.45) is 0.380. The predicted molar refractivity (Wildman–Crippen MR) is 118 cm³/mol. The van der Waals surface area contributed by atoms with Crippen molar-refractivity contribution >= 4 is 11.7 Å². The zero-order chi connectivity index (χ0) is 21.3. The highest BCUT2D eigenvalue weighted by Crippen LogP contribution is 2.20. The lowest BCUT2D eigenvalue weighted by atomic mass is 10.1. The minimum atomic E-state index is -0.174. The van der Waals surface area contributed by atoms with E-state index >= 15 is 0 Å². The number of nitrogens with one attached hydrogen (secondary N) is 1. The average Bonchev–Trinajstić information content (AvgIpc) is 2.76. The highest BCUT2D eigenvalue weighted by atomic mass is 16.5. The van der Waals surface area contributed by atoms with Crippen molar-refractivity contribution < 1.29 is 9.53 Å². The third-order valence-corrected chi connectivity index (χ3v) is 4.88. The van der Waals surface area contributed by atoms with Gasteiger partial charge in [0.1, 0.15) is 12.4 Å². The molecule has 0 aliphatic carbocycles. The quantitative estimate of drug-likeness (QED) is 0.586. The molecule has 3 aromatic carbocycles. The minimum Gasteiger partial charge on any atom is -0.489 e. The average molecular weight is 399 g/mol. The van der Waals surface area contributed by atoms with Gasteiger partial charge in [-0.25, -0.2) is 4.79 Å². The number of urea groups is 1. The molecule has 0 unspecified atom stereocenters. The van der Waals surface area contributed by atoms with Crippen molar-refractivity contribution in [3.05, 3.63) is 95.1 Å². The first kappa shape index (κ1) is 20.9. The van der Waals surface area contributed by atoms with Gasteiger partial charge in [-0.05, 0) is 41.8 Å². The van der Waals surface area contributed by atoms with Crippen molar-refractivity contribution in [1.29, 1.82) is 5.26 Å². The Hall–Kier alpha value is -3.78. The molecule has 0 aliphatic heterocycles. The van der Waals surface area contributed by atoms with E-state index in [0.717, 1.165) is 33.7 Å². The first-order valence-electron chi connectivity index (χ1n) is 9.80. The number of carbonyl (C=O) groups is 1. The van der Waals surface area contributed by atoms with Gasteiger partial charge >= 0.3 is 6.03 Å². The fourth-order valence-corrected chi connectivity index (χ4v) is 3.05. The second-order valence-corrected chi connectivity index (χ2v) is 7.14. The number of carbonyl (C=O) groups excluding carboxylic acids is 1. The van der Waals surface area contributed by atoms with Crippen LogP contribution >= 0.6 is 0 Å². The van der Waals surface area contributed by atoms with Crippen LogP contribution in [0.2, 0.25) is 0 Å². The van der Waals surface area contributed by atoms with Crippen LogP contribution < -0.4 is 10.1 Å². The maximum absolute atomic E-state index is 12.7. The van der Waals surface area contributed by atoms with Gasteiger partial charge in [0.2, 0.25) is 0 Å². The number of hydrogen-bond donors (Lipinski definition) is 1. The maximum atomic E-state index is 12.7. The summed E-state index contributed by atoms with van der Waals surface area (Å²) in [5.74, 6) is 0.717. The van der Waals surface area contributed by atoms with Crippen molar-refractivity contribution in [2.75, 3.05) is 12.4 Å². The summed E-state index contributed by atoms with van der Waals surface area (Å²) < 4.78 is 5.87. The Labute approximate surface area is 177 Å². The van der Waals surface area contributed by atoms with E-state index in [1.54, 1.807) is 11.9 Å². The van der Waals surface area contributed by atoms with E-state index in [2.05, 4.69) is 11.4 Å². The van der Waals surface area contributed by atoms with Gasteiger partial charge in [-0.15, -0.1) is 0 Å². The van der Waals surface area contributed by atoms with Crippen LogP contribution in [-0.4, -0.2) is 18.0 Å². The molecule has 2 amide bonds. The van der Waals surface area contributed by atoms with Crippen LogP contribution in [0.3, 0.4) is 0 Å². The summed E-state index contributed by atoms with van der Waals surface area (Å²) in [7, 11) is 1.78. The van der Waals surface area contributed by atoms with Crippen molar-refractivity contribution in [2.45, 2.75) is 26.5 Å². The monoisotopic (exact) mass is 399 g/mol. The zero-order valence-corrected chi connectivity index (χ0v) is 17.3. The molecule has 0 radical (unpaired) electrons. The second kappa shape index (κ2) is 10.1. The van der Waals surface area contributed by atoms with Gasteiger partial charge in [0, 0.05) is 24.8 Å². The number of para-hydroxylation sites is 1. The molecular weight excluding hydrogens is 374 g/mol. The second-order valence-electron chi connectivity index (χ2n) is 7.14. The Bertz CT molecular complexity index is 1040. The van der Waals surface area contributed by atoms with Crippen LogP contribution in [0.15, 0.2) is 72.8 Å². The molecule has 152 valence electrons. The van der Waals surface area contributed by atoms with Crippen LogP contribution in [0.25, 0.3) is 0 Å². The molecule has 30 heavy (non-hydrogen) atoms. The predicted octanol–water partition coefficient (Wildman–Crippen LogP) is 5.30. The number of nitrogens with zero attached hydrogens (tertiary/aromatic N) is 2. The van der Waals surface area contributed by atoms with Crippen LogP contribution in [-0.2, 0) is 19.6 Å². The number of benzene rings is 3. The highest BCUT2D eigenvalue weighted by Gasteiger charge is 2.13. The molecular formula is C25H25N3O2. The van der Waals surface area contributed by atoms with Gasteiger partial charge in [-0.3, -0.25) is 0 Å². The molecule has 3 rings (SSSR count). The maximum Gasteiger partial charge on any atom is 0.321 e. The van der Waals surface area contributed by atoms with Crippen molar-refractivity contribution in [2.24, 2.45) is 0 Å². The largest absolute Gasteiger partial charge is 0.489 e. The smallest absolute Gasteiger partial charge is 0.321 e. The number of anilines is 1.